The van der Waals surface area contributed by atoms with Crippen LogP contribution in [0.1, 0.15) is 6.42 Å². The highest BCUT2D eigenvalue weighted by molar-refractivity contribution is 6.73. The molecule has 0 saturated carbocycles. The molecule has 0 unspecified atom stereocenters. The average Bonchev–Trinajstić information content (AvgIpc) is 2.07. The molecule has 0 fully saturated rings. The number of rotatable bonds is 7. The van der Waals surface area contributed by atoms with Gasteiger partial charge in [-0.2, -0.15) is 0 Å². The number of hydrogen-bond donors (Lipinski definition) is 0. The Morgan fingerprint density at radius 1 is 1.24 bits per heavy atom. The highest BCUT2D eigenvalue weighted by atomic mass is 28.4. The van der Waals surface area contributed by atoms with Gasteiger partial charge in [-0.05, 0) is 19.6 Å². The van der Waals surface area contributed by atoms with E-state index in [0.717, 1.165) is 13.1 Å². The van der Waals surface area contributed by atoms with E-state index in [1.54, 1.807) is 0 Å². The van der Waals surface area contributed by atoms with E-state index >= 15 is 0 Å². The molecule has 0 aromatic heterocycles. The first-order chi connectivity index (χ1) is 7.56. The highest BCUT2D eigenvalue weighted by Crippen LogP contribution is 2.11. The Morgan fingerprint density at radius 2 is 1.76 bits per heavy atom. The molecule has 0 amide bonds. The van der Waals surface area contributed by atoms with Crippen LogP contribution in [0.25, 0.3) is 0 Å². The Bertz CT molecular complexity index is 267. The van der Waals surface area contributed by atoms with E-state index in [1.807, 2.05) is 25.7 Å². The molecule has 0 spiro atoms. The SMILES string of the molecule is C=CCN(CCC(=O)O[Si](C)(C)C)[Si](C)(C)C. The second-order valence-electron chi connectivity index (χ2n) is 6.24. The van der Waals surface area contributed by atoms with Crippen LogP contribution < -0.4 is 0 Å². The Morgan fingerprint density at radius 3 is 2.12 bits per heavy atom. The van der Waals surface area contributed by atoms with Crippen LogP contribution >= 0.6 is 0 Å². The lowest BCUT2D eigenvalue weighted by atomic mass is 10.4. The summed E-state index contributed by atoms with van der Waals surface area (Å²) in [6.07, 6.45) is 2.39. The van der Waals surface area contributed by atoms with Gasteiger partial charge in [0.2, 0.25) is 8.32 Å². The Hall–Kier alpha value is -0.396. The van der Waals surface area contributed by atoms with Gasteiger partial charge in [0, 0.05) is 13.1 Å². The number of hydrogen-bond acceptors (Lipinski definition) is 3. The lowest BCUT2D eigenvalue weighted by Gasteiger charge is -2.33. The molecule has 100 valence electrons. The molecular weight excluding hydrogens is 246 g/mol. The quantitative estimate of drug-likeness (QED) is 0.527. The molecular formula is C12H27NO2Si2. The second kappa shape index (κ2) is 6.51. The molecule has 0 aromatic carbocycles. The van der Waals surface area contributed by atoms with Crippen molar-refractivity contribution in [2.24, 2.45) is 0 Å². The van der Waals surface area contributed by atoms with Gasteiger partial charge in [0.25, 0.3) is 5.97 Å². The van der Waals surface area contributed by atoms with E-state index in [-0.39, 0.29) is 5.97 Å². The Labute approximate surface area is 108 Å². The van der Waals surface area contributed by atoms with Gasteiger partial charge < -0.3 is 8.99 Å². The van der Waals surface area contributed by atoms with E-state index < -0.39 is 16.6 Å². The molecule has 0 saturated heterocycles. The van der Waals surface area contributed by atoms with Crippen LogP contribution in [0.2, 0.25) is 39.3 Å². The van der Waals surface area contributed by atoms with Crippen molar-refractivity contribution < 1.29 is 9.22 Å². The van der Waals surface area contributed by atoms with Gasteiger partial charge in [0.15, 0.2) is 0 Å². The van der Waals surface area contributed by atoms with Crippen molar-refractivity contribution >= 4 is 22.5 Å². The van der Waals surface area contributed by atoms with Crippen LogP contribution in [0.3, 0.4) is 0 Å². The van der Waals surface area contributed by atoms with Crippen LogP contribution in [-0.4, -0.2) is 40.2 Å². The zero-order valence-electron chi connectivity index (χ0n) is 12.2. The first kappa shape index (κ1) is 16.6. The fraction of sp³-hybridized carbons (Fsp3) is 0.750. The third kappa shape index (κ3) is 8.34. The molecule has 0 aliphatic carbocycles. The number of nitrogens with zero attached hydrogens (tertiary/aromatic N) is 1. The molecule has 0 heterocycles. The number of carbonyl (C=O) groups is 1. The van der Waals surface area contributed by atoms with E-state index in [2.05, 4.69) is 30.8 Å². The molecule has 0 radical (unpaired) electrons. The van der Waals surface area contributed by atoms with E-state index in [4.69, 9.17) is 4.43 Å². The minimum atomic E-state index is -1.73. The van der Waals surface area contributed by atoms with Gasteiger partial charge in [-0.3, -0.25) is 4.79 Å². The van der Waals surface area contributed by atoms with Crippen molar-refractivity contribution in [3.8, 4) is 0 Å². The lowest BCUT2D eigenvalue weighted by molar-refractivity contribution is -0.135. The molecule has 0 rings (SSSR count). The molecule has 0 aliphatic rings. The van der Waals surface area contributed by atoms with Crippen LogP contribution in [-0.2, 0) is 9.22 Å². The summed E-state index contributed by atoms with van der Waals surface area (Å²) in [7, 11) is -3.10. The normalized spacial score (nSPS) is 12.6. The summed E-state index contributed by atoms with van der Waals surface area (Å²) in [5.74, 6) is -0.0588. The first-order valence-corrected chi connectivity index (χ1v) is 13.0. The van der Waals surface area contributed by atoms with Crippen molar-refractivity contribution in [3.63, 3.8) is 0 Å². The topological polar surface area (TPSA) is 29.5 Å². The summed E-state index contributed by atoms with van der Waals surface area (Å²) in [6.45, 7) is 18.3. The van der Waals surface area contributed by atoms with Crippen LogP contribution in [0, 0.1) is 0 Å². The van der Waals surface area contributed by atoms with Gasteiger partial charge in [-0.1, -0.05) is 25.7 Å². The maximum absolute atomic E-state index is 11.7. The van der Waals surface area contributed by atoms with Gasteiger partial charge >= 0.3 is 0 Å². The summed E-state index contributed by atoms with van der Waals surface area (Å²) in [4.78, 5) is 11.7. The van der Waals surface area contributed by atoms with E-state index in [0.29, 0.717) is 6.42 Å². The third-order valence-electron chi connectivity index (χ3n) is 2.30. The smallest absolute Gasteiger partial charge is 0.293 e. The monoisotopic (exact) mass is 273 g/mol. The third-order valence-corrected chi connectivity index (χ3v) is 5.45. The molecule has 0 N–H and O–H groups in total. The zero-order valence-corrected chi connectivity index (χ0v) is 14.2. The van der Waals surface area contributed by atoms with Crippen molar-refractivity contribution in [3.05, 3.63) is 12.7 Å². The summed E-state index contributed by atoms with van der Waals surface area (Å²) in [5, 5.41) is 0. The van der Waals surface area contributed by atoms with Crippen molar-refractivity contribution in [1.82, 2.24) is 4.57 Å². The Kier molecular flexibility index (Phi) is 6.36. The fourth-order valence-electron chi connectivity index (χ4n) is 1.48. The van der Waals surface area contributed by atoms with E-state index in [1.165, 1.54) is 0 Å². The van der Waals surface area contributed by atoms with Gasteiger partial charge in [-0.25, -0.2) is 0 Å². The van der Waals surface area contributed by atoms with Crippen LogP contribution in [0.15, 0.2) is 12.7 Å². The first-order valence-electron chi connectivity index (χ1n) is 6.14. The largest absolute Gasteiger partial charge is 0.520 e. The fourth-order valence-corrected chi connectivity index (χ4v) is 3.72. The number of carbonyl (C=O) groups excluding carboxylic acids is 1. The summed E-state index contributed by atoms with van der Waals surface area (Å²) in [5.41, 5.74) is 0. The molecule has 0 atom stereocenters. The second-order valence-corrected chi connectivity index (χ2v) is 15.6. The van der Waals surface area contributed by atoms with Crippen molar-refractivity contribution in [1.29, 1.82) is 0 Å². The minimum Gasteiger partial charge on any atom is -0.520 e. The van der Waals surface area contributed by atoms with E-state index in [9.17, 15) is 4.79 Å². The van der Waals surface area contributed by atoms with Gasteiger partial charge in [-0.15, -0.1) is 6.58 Å². The predicted molar refractivity (Wildman–Crippen MR) is 79.2 cm³/mol. The molecule has 5 heteroatoms. The summed E-state index contributed by atoms with van der Waals surface area (Å²) < 4.78 is 7.81. The molecule has 3 nitrogen and oxygen atoms in total. The molecule has 17 heavy (non-hydrogen) atoms. The summed E-state index contributed by atoms with van der Waals surface area (Å²) in [6, 6.07) is 0. The average molecular weight is 274 g/mol. The molecule has 0 bridgehead atoms. The van der Waals surface area contributed by atoms with Gasteiger partial charge in [0.1, 0.15) is 8.24 Å². The van der Waals surface area contributed by atoms with Crippen LogP contribution in [0.5, 0.6) is 0 Å². The maximum Gasteiger partial charge on any atom is 0.293 e. The zero-order chi connectivity index (χ0) is 13.7. The van der Waals surface area contributed by atoms with Crippen molar-refractivity contribution in [2.45, 2.75) is 45.7 Å². The maximum atomic E-state index is 11.7. The molecule has 0 aliphatic heterocycles. The highest BCUT2D eigenvalue weighted by Gasteiger charge is 2.25. The summed E-state index contributed by atoms with van der Waals surface area (Å²) >= 11 is 0. The predicted octanol–water partition coefficient (Wildman–Crippen LogP) is 3.08. The minimum absolute atomic E-state index is 0.0588. The molecule has 0 aromatic rings. The lowest BCUT2D eigenvalue weighted by Crippen LogP contribution is -2.47. The Balaban J connectivity index is 4.23. The van der Waals surface area contributed by atoms with Gasteiger partial charge in [0.05, 0.1) is 6.42 Å². The van der Waals surface area contributed by atoms with Crippen LogP contribution in [0.4, 0.5) is 0 Å². The standard InChI is InChI=1S/C12H27NO2Si2/c1-8-10-13(16(2,3)4)11-9-12(14)15-17(5,6)7/h8H,1,9-11H2,2-7H3. The van der Waals surface area contributed by atoms with Crippen molar-refractivity contribution in [2.75, 3.05) is 13.1 Å².